The van der Waals surface area contributed by atoms with Gasteiger partial charge < -0.3 is 18.9 Å². The maximum Gasteiger partial charge on any atom is 0.416 e. The van der Waals surface area contributed by atoms with Crippen molar-refractivity contribution < 1.29 is 58.5 Å². The summed E-state index contributed by atoms with van der Waals surface area (Å²) < 4.78 is 116. The van der Waals surface area contributed by atoms with Crippen LogP contribution in [0.25, 0.3) is 0 Å². The molecule has 0 spiro atoms. The molecule has 0 bridgehead atoms. The first kappa shape index (κ1) is 46.2. The Morgan fingerprint density at radius 2 is 1.09 bits per heavy atom. The van der Waals surface area contributed by atoms with Gasteiger partial charge in [-0.1, -0.05) is 34.8 Å². The number of benzene rings is 4. The van der Waals surface area contributed by atoms with E-state index in [-0.39, 0.29) is 82.1 Å². The van der Waals surface area contributed by atoms with Crippen molar-refractivity contribution in [2.24, 2.45) is 0 Å². The van der Waals surface area contributed by atoms with E-state index in [1.165, 1.54) is 56.3 Å². The molecule has 22 heteroatoms. The molecular formula is C35H30Br2Cl3F3N2O10S2. The highest BCUT2D eigenvalue weighted by atomic mass is 79.9. The quantitative estimate of drug-likeness (QED) is 0.0769. The molecular weight excluding hydrogens is 996 g/mol. The summed E-state index contributed by atoms with van der Waals surface area (Å²) in [7, 11) is -7.41. The van der Waals surface area contributed by atoms with Crippen molar-refractivity contribution in [1.82, 2.24) is 0 Å². The minimum Gasteiger partial charge on any atom is -0.487 e. The van der Waals surface area contributed by atoms with E-state index >= 15 is 0 Å². The van der Waals surface area contributed by atoms with Gasteiger partial charge >= 0.3 is 18.1 Å². The number of anilines is 2. The number of sulfonamides is 2. The molecule has 0 aliphatic carbocycles. The lowest BCUT2D eigenvalue weighted by Gasteiger charge is -2.16. The minimum absolute atomic E-state index is 0.0127. The maximum atomic E-state index is 13.5. The molecule has 0 saturated heterocycles. The van der Waals surface area contributed by atoms with Gasteiger partial charge in [-0.15, -0.1) is 0 Å². The van der Waals surface area contributed by atoms with E-state index in [9.17, 15) is 39.6 Å². The van der Waals surface area contributed by atoms with E-state index in [1.54, 1.807) is 6.07 Å². The van der Waals surface area contributed by atoms with Gasteiger partial charge in [0.15, 0.2) is 5.75 Å². The molecule has 4 aromatic rings. The molecule has 0 aliphatic heterocycles. The number of esters is 2. The largest absolute Gasteiger partial charge is 0.487 e. The molecule has 0 aromatic heterocycles. The van der Waals surface area contributed by atoms with Gasteiger partial charge in [-0.2, -0.15) is 13.2 Å². The van der Waals surface area contributed by atoms with Gasteiger partial charge in [0.25, 0.3) is 0 Å². The van der Waals surface area contributed by atoms with E-state index in [1.807, 2.05) is 0 Å². The van der Waals surface area contributed by atoms with Crippen LogP contribution < -0.4 is 28.4 Å². The molecule has 0 unspecified atom stereocenters. The van der Waals surface area contributed by atoms with Crippen molar-refractivity contribution in [1.29, 1.82) is 0 Å². The van der Waals surface area contributed by atoms with Gasteiger partial charge in [-0.25, -0.2) is 16.8 Å². The van der Waals surface area contributed by atoms with Gasteiger partial charge in [-0.3, -0.25) is 19.0 Å². The SMILES string of the molecule is CCS(=O)(=O)Nc1cc(Cl)cc(COc2c(Cl)cc(OC(=O)CCC(=O)Oc3cc(Br)c(OCc4cc(NS(=O)(=O)CC)cc(C(F)(F)F)c4)c(Br)c3)cc2Cl)c1. The Bertz CT molecular complexity index is 2340. The second-order valence-electron chi connectivity index (χ2n) is 11.7. The van der Waals surface area contributed by atoms with Gasteiger partial charge in [0.2, 0.25) is 20.0 Å². The molecule has 0 amide bonds. The third-order valence-electron chi connectivity index (χ3n) is 7.29. The zero-order valence-corrected chi connectivity index (χ0v) is 36.5. The molecule has 0 fully saturated rings. The molecule has 0 radical (unpaired) electrons. The minimum atomic E-state index is -4.76. The summed E-state index contributed by atoms with van der Waals surface area (Å²) in [6.07, 6.45) is -5.56. The topological polar surface area (TPSA) is 163 Å². The molecule has 0 atom stereocenters. The van der Waals surface area contributed by atoms with Crippen molar-refractivity contribution in [2.45, 2.75) is 46.1 Å². The van der Waals surface area contributed by atoms with Crippen molar-refractivity contribution >= 4 is 110 Å². The fourth-order valence-corrected chi connectivity index (χ4v) is 8.09. The van der Waals surface area contributed by atoms with Crippen LogP contribution in [0.15, 0.2) is 69.6 Å². The fourth-order valence-electron chi connectivity index (χ4n) is 4.64. The molecule has 0 aliphatic rings. The number of halogens is 8. The van der Waals surface area contributed by atoms with E-state index in [0.29, 0.717) is 11.6 Å². The van der Waals surface area contributed by atoms with Crippen LogP contribution in [0.4, 0.5) is 24.5 Å². The van der Waals surface area contributed by atoms with Crippen molar-refractivity contribution in [3.63, 3.8) is 0 Å². The number of alkyl halides is 3. The van der Waals surface area contributed by atoms with Crippen molar-refractivity contribution in [3.05, 3.63) is 101 Å². The Hall–Kier alpha value is -3.46. The van der Waals surface area contributed by atoms with Crippen LogP contribution >= 0.6 is 66.7 Å². The zero-order valence-electron chi connectivity index (χ0n) is 29.4. The van der Waals surface area contributed by atoms with E-state index in [0.717, 1.165) is 6.07 Å². The first-order chi connectivity index (χ1) is 26.6. The summed E-state index contributed by atoms with van der Waals surface area (Å²) in [5, 5.41) is 0.230. The monoisotopic (exact) mass is 1020 g/mol. The molecule has 4 aromatic carbocycles. The van der Waals surface area contributed by atoms with E-state index in [2.05, 4.69) is 41.3 Å². The summed E-state index contributed by atoms with van der Waals surface area (Å²) in [5.41, 5.74) is -0.610. The standard InChI is InChI=1S/C35H30Br2Cl3F3N2O10S2/c1-3-56(48,49)44-23-9-19(7-21(11-23)35(41,42)43)17-52-33-27(36)13-25(14-28(33)37)54-31(46)5-6-32(47)55-26-15-29(39)34(30(40)16-26)53-18-20-8-22(38)12-24(10-20)45-57(50,51)4-2/h7-16,44-45H,3-6,17-18H2,1-2H3. The fraction of sp³-hybridized carbons (Fsp3) is 0.257. The highest BCUT2D eigenvalue weighted by Gasteiger charge is 2.32. The number of ether oxygens (including phenoxy) is 4. The zero-order chi connectivity index (χ0) is 42.3. The maximum absolute atomic E-state index is 13.5. The lowest BCUT2D eigenvalue weighted by Crippen LogP contribution is -2.16. The van der Waals surface area contributed by atoms with Crippen LogP contribution in [0, 0.1) is 0 Å². The molecule has 4 rings (SSSR count). The highest BCUT2D eigenvalue weighted by Crippen LogP contribution is 2.40. The average Bonchev–Trinajstić information content (AvgIpc) is 3.09. The molecule has 2 N–H and O–H groups in total. The van der Waals surface area contributed by atoms with E-state index < -0.39 is 63.2 Å². The number of carbonyl (C=O) groups excluding carboxylic acids is 2. The smallest absolute Gasteiger partial charge is 0.416 e. The number of carbonyl (C=O) groups is 2. The molecule has 12 nitrogen and oxygen atoms in total. The van der Waals surface area contributed by atoms with Crippen LogP contribution in [0.5, 0.6) is 23.0 Å². The normalized spacial score (nSPS) is 11.8. The second kappa shape index (κ2) is 19.5. The van der Waals surface area contributed by atoms with Gasteiger partial charge in [-0.05, 0) is 105 Å². The van der Waals surface area contributed by atoms with Crippen LogP contribution in [-0.2, 0) is 49.0 Å². The van der Waals surface area contributed by atoms with Crippen LogP contribution in [0.2, 0.25) is 15.1 Å². The van der Waals surface area contributed by atoms with Crippen LogP contribution in [0.3, 0.4) is 0 Å². The van der Waals surface area contributed by atoms with Crippen LogP contribution in [0.1, 0.15) is 43.4 Å². The Kier molecular flexibility index (Phi) is 15.8. The molecule has 0 heterocycles. The number of rotatable bonds is 17. The third kappa shape index (κ3) is 14.1. The number of hydrogen-bond acceptors (Lipinski definition) is 10. The highest BCUT2D eigenvalue weighted by molar-refractivity contribution is 9.11. The Labute approximate surface area is 357 Å². The Balaban J connectivity index is 1.32. The summed E-state index contributed by atoms with van der Waals surface area (Å²) in [5.74, 6) is -1.94. The van der Waals surface area contributed by atoms with Gasteiger partial charge in [0.1, 0.15) is 30.5 Å². The summed E-state index contributed by atoms with van der Waals surface area (Å²) in [6, 6.07) is 12.5. The molecule has 0 saturated carbocycles. The van der Waals surface area contributed by atoms with Gasteiger partial charge in [0.05, 0.1) is 54.6 Å². The third-order valence-corrected chi connectivity index (χ3v) is 11.9. The summed E-state index contributed by atoms with van der Waals surface area (Å²) >= 11 is 25.4. The number of hydrogen-bond donors (Lipinski definition) is 2. The first-order valence-corrected chi connectivity index (χ1v) is 22.3. The average molecular weight is 1030 g/mol. The lowest BCUT2D eigenvalue weighted by molar-refractivity contribution is -0.140. The summed E-state index contributed by atoms with van der Waals surface area (Å²) in [6.45, 7) is 2.33. The van der Waals surface area contributed by atoms with Crippen molar-refractivity contribution in [3.8, 4) is 23.0 Å². The van der Waals surface area contributed by atoms with E-state index in [4.69, 9.17) is 53.8 Å². The Morgan fingerprint density at radius 1 is 0.649 bits per heavy atom. The van der Waals surface area contributed by atoms with Crippen LogP contribution in [-0.4, -0.2) is 40.3 Å². The Morgan fingerprint density at radius 3 is 1.56 bits per heavy atom. The lowest BCUT2D eigenvalue weighted by atomic mass is 10.1. The predicted octanol–water partition coefficient (Wildman–Crippen LogP) is 10.2. The molecule has 308 valence electrons. The second-order valence-corrected chi connectivity index (χ2v) is 18.7. The predicted molar refractivity (Wildman–Crippen MR) is 217 cm³/mol. The summed E-state index contributed by atoms with van der Waals surface area (Å²) in [4.78, 5) is 25.1. The first-order valence-electron chi connectivity index (χ1n) is 16.2. The van der Waals surface area contributed by atoms with Gasteiger partial charge in [0, 0.05) is 22.8 Å². The molecule has 57 heavy (non-hydrogen) atoms. The van der Waals surface area contributed by atoms with Crippen molar-refractivity contribution in [2.75, 3.05) is 20.9 Å². The number of nitrogens with one attached hydrogen (secondary N) is 2.